The average Bonchev–Trinajstić information content (AvgIpc) is 2.71. The van der Waals surface area contributed by atoms with Crippen molar-refractivity contribution in [2.45, 2.75) is 57.2 Å². The molecule has 2 aliphatic rings. The highest BCUT2D eigenvalue weighted by Crippen LogP contribution is 2.47. The van der Waals surface area contributed by atoms with Crippen LogP contribution in [0.3, 0.4) is 0 Å². The molecule has 1 aliphatic heterocycles. The molecule has 1 saturated carbocycles. The first-order valence-corrected chi connectivity index (χ1v) is 7.47. The highest BCUT2D eigenvalue weighted by atomic mass is 16.5. The molecule has 1 aromatic carbocycles. The highest BCUT2D eigenvalue weighted by Gasteiger charge is 2.43. The Bertz CT molecular complexity index is 457. The minimum atomic E-state index is 0.0942. The maximum absolute atomic E-state index is 6.16. The minimum absolute atomic E-state index is 0.0942. The van der Waals surface area contributed by atoms with Crippen LogP contribution in [-0.4, -0.2) is 11.7 Å². The molecule has 0 bridgehead atoms. The summed E-state index contributed by atoms with van der Waals surface area (Å²) in [6.07, 6.45) is 7.43. The number of hydrogen-bond acceptors (Lipinski definition) is 1. The van der Waals surface area contributed by atoms with E-state index in [1.54, 1.807) is 0 Å². The molecule has 0 spiro atoms. The normalized spacial score (nSPS) is 32.8. The van der Waals surface area contributed by atoms with Gasteiger partial charge in [-0.05, 0) is 62.5 Å². The molecule has 1 aromatic rings. The average molecular weight is 256 g/mol. The molecule has 0 amide bonds. The fourth-order valence-corrected chi connectivity index (χ4v) is 3.90. The molecule has 1 aliphatic carbocycles. The summed E-state index contributed by atoms with van der Waals surface area (Å²) < 4.78 is 6.16. The molecule has 3 rings (SSSR count). The first kappa shape index (κ1) is 12.9. The van der Waals surface area contributed by atoms with Gasteiger partial charge in [0.2, 0.25) is 0 Å². The van der Waals surface area contributed by atoms with Crippen molar-refractivity contribution in [2.75, 3.05) is 0 Å². The smallest absolute Gasteiger partial charge is 0.0634 e. The molecule has 1 heterocycles. The van der Waals surface area contributed by atoms with Gasteiger partial charge in [0.05, 0.1) is 11.7 Å². The summed E-state index contributed by atoms with van der Waals surface area (Å²) in [6.45, 7) is 8.29. The van der Waals surface area contributed by atoms with Crippen molar-refractivity contribution in [2.24, 2.45) is 5.92 Å². The van der Waals surface area contributed by atoms with Crippen molar-refractivity contribution in [1.29, 1.82) is 0 Å². The molecular weight excluding hydrogens is 232 g/mol. The Kier molecular flexibility index (Phi) is 3.26. The number of ether oxygens (including phenoxy) is 1. The lowest BCUT2D eigenvalue weighted by Gasteiger charge is -2.31. The van der Waals surface area contributed by atoms with Crippen LogP contribution >= 0.6 is 0 Å². The molecular formula is C18H24O. The van der Waals surface area contributed by atoms with Gasteiger partial charge in [0, 0.05) is 0 Å². The van der Waals surface area contributed by atoms with E-state index in [0.717, 1.165) is 11.8 Å². The monoisotopic (exact) mass is 256 g/mol. The van der Waals surface area contributed by atoms with Crippen LogP contribution in [0.1, 0.15) is 56.6 Å². The third-order valence-electron chi connectivity index (χ3n) is 4.78. The fraction of sp³-hybridized carbons (Fsp3) is 0.556. The van der Waals surface area contributed by atoms with Crippen LogP contribution < -0.4 is 0 Å². The summed E-state index contributed by atoms with van der Waals surface area (Å²) in [5, 5.41) is 0. The second kappa shape index (κ2) is 4.79. The second-order valence-electron chi connectivity index (χ2n) is 6.76. The molecule has 3 unspecified atom stereocenters. The van der Waals surface area contributed by atoms with E-state index in [1.807, 2.05) is 6.08 Å². The van der Waals surface area contributed by atoms with E-state index in [0.29, 0.717) is 6.10 Å². The maximum atomic E-state index is 6.16. The van der Waals surface area contributed by atoms with Crippen LogP contribution in [-0.2, 0) is 4.74 Å². The van der Waals surface area contributed by atoms with E-state index in [2.05, 4.69) is 44.7 Å². The van der Waals surface area contributed by atoms with Crippen LogP contribution in [0.5, 0.6) is 0 Å². The van der Waals surface area contributed by atoms with Gasteiger partial charge in [-0.2, -0.15) is 0 Å². The van der Waals surface area contributed by atoms with Crippen LogP contribution in [0.15, 0.2) is 30.8 Å². The first-order chi connectivity index (χ1) is 9.07. The van der Waals surface area contributed by atoms with Crippen LogP contribution in [0.2, 0.25) is 0 Å². The van der Waals surface area contributed by atoms with Gasteiger partial charge in [0.1, 0.15) is 0 Å². The van der Waals surface area contributed by atoms with Gasteiger partial charge in [0.15, 0.2) is 0 Å². The van der Waals surface area contributed by atoms with Gasteiger partial charge < -0.3 is 4.74 Å². The van der Waals surface area contributed by atoms with Crippen molar-refractivity contribution in [3.8, 4) is 0 Å². The number of hydrogen-bond donors (Lipinski definition) is 0. The predicted molar refractivity (Wildman–Crippen MR) is 80.2 cm³/mol. The number of rotatable bonds is 2. The van der Waals surface area contributed by atoms with Crippen molar-refractivity contribution in [3.63, 3.8) is 0 Å². The molecule has 0 aromatic heterocycles. The summed E-state index contributed by atoms with van der Waals surface area (Å²) in [4.78, 5) is 0. The van der Waals surface area contributed by atoms with Crippen molar-refractivity contribution >= 4 is 6.08 Å². The standard InChI is InChI=1S/C18H24O/c1-4-13-5-7-14(8-6-13)15-9-10-17-16(11-15)12-18(2,3)19-17/h4-8,15-17H,1,9-12H2,2-3H3. The first-order valence-electron chi connectivity index (χ1n) is 7.47. The van der Waals surface area contributed by atoms with E-state index >= 15 is 0 Å². The molecule has 2 fully saturated rings. The van der Waals surface area contributed by atoms with Gasteiger partial charge >= 0.3 is 0 Å². The Morgan fingerprint density at radius 1 is 1.21 bits per heavy atom. The fourth-order valence-electron chi connectivity index (χ4n) is 3.90. The molecule has 0 radical (unpaired) electrons. The minimum Gasteiger partial charge on any atom is -0.372 e. The molecule has 3 atom stereocenters. The van der Waals surface area contributed by atoms with Crippen LogP contribution in [0.4, 0.5) is 0 Å². The van der Waals surface area contributed by atoms with Gasteiger partial charge in [-0.25, -0.2) is 0 Å². The zero-order chi connectivity index (χ0) is 13.5. The van der Waals surface area contributed by atoms with E-state index in [-0.39, 0.29) is 5.60 Å². The summed E-state index contributed by atoms with van der Waals surface area (Å²) in [5.74, 6) is 1.48. The third-order valence-corrected chi connectivity index (χ3v) is 4.78. The van der Waals surface area contributed by atoms with Gasteiger partial charge in [-0.15, -0.1) is 0 Å². The lowest BCUT2D eigenvalue weighted by atomic mass is 9.75. The molecule has 0 N–H and O–H groups in total. The SMILES string of the molecule is C=Cc1ccc(C2CCC3OC(C)(C)CC3C2)cc1. The number of benzene rings is 1. The van der Waals surface area contributed by atoms with Crippen LogP contribution in [0.25, 0.3) is 6.08 Å². The largest absolute Gasteiger partial charge is 0.372 e. The lowest BCUT2D eigenvalue weighted by Crippen LogP contribution is -2.25. The zero-order valence-corrected chi connectivity index (χ0v) is 12.1. The summed E-state index contributed by atoms with van der Waals surface area (Å²) in [7, 11) is 0. The maximum Gasteiger partial charge on any atom is 0.0634 e. The molecule has 1 nitrogen and oxygen atoms in total. The Morgan fingerprint density at radius 2 is 1.95 bits per heavy atom. The van der Waals surface area contributed by atoms with E-state index in [4.69, 9.17) is 4.74 Å². The Balaban J connectivity index is 1.72. The van der Waals surface area contributed by atoms with E-state index in [1.165, 1.54) is 36.8 Å². The molecule has 102 valence electrons. The second-order valence-corrected chi connectivity index (χ2v) is 6.76. The van der Waals surface area contributed by atoms with Crippen molar-refractivity contribution in [3.05, 3.63) is 42.0 Å². The van der Waals surface area contributed by atoms with Crippen molar-refractivity contribution < 1.29 is 4.74 Å². The van der Waals surface area contributed by atoms with Crippen molar-refractivity contribution in [1.82, 2.24) is 0 Å². The summed E-state index contributed by atoms with van der Waals surface area (Å²) in [5.41, 5.74) is 2.80. The predicted octanol–water partition coefficient (Wildman–Crippen LogP) is 4.78. The zero-order valence-electron chi connectivity index (χ0n) is 12.1. The molecule has 1 saturated heterocycles. The quantitative estimate of drug-likeness (QED) is 0.740. The molecule has 19 heavy (non-hydrogen) atoms. The third kappa shape index (κ3) is 2.62. The van der Waals surface area contributed by atoms with Crippen LogP contribution in [0, 0.1) is 5.92 Å². The summed E-state index contributed by atoms with van der Waals surface area (Å²) >= 11 is 0. The summed E-state index contributed by atoms with van der Waals surface area (Å²) in [6, 6.07) is 8.93. The molecule has 1 heteroatoms. The van der Waals surface area contributed by atoms with E-state index in [9.17, 15) is 0 Å². The number of fused-ring (bicyclic) bond motifs is 1. The Morgan fingerprint density at radius 3 is 2.63 bits per heavy atom. The van der Waals surface area contributed by atoms with Gasteiger partial charge in [-0.1, -0.05) is 36.9 Å². The Labute approximate surface area is 116 Å². The van der Waals surface area contributed by atoms with Gasteiger partial charge in [0.25, 0.3) is 0 Å². The topological polar surface area (TPSA) is 9.23 Å². The Hall–Kier alpha value is -1.08. The van der Waals surface area contributed by atoms with E-state index < -0.39 is 0 Å². The highest BCUT2D eigenvalue weighted by molar-refractivity contribution is 5.47. The van der Waals surface area contributed by atoms with Gasteiger partial charge in [-0.3, -0.25) is 0 Å². The lowest BCUT2D eigenvalue weighted by molar-refractivity contribution is -0.0320.